The van der Waals surface area contributed by atoms with E-state index in [2.05, 4.69) is 15.3 Å². The second kappa shape index (κ2) is 8.02. The minimum absolute atomic E-state index is 0.0396. The van der Waals surface area contributed by atoms with Crippen LogP contribution in [0.15, 0.2) is 53.6 Å². The third-order valence-electron chi connectivity index (χ3n) is 4.83. The first-order chi connectivity index (χ1) is 13.5. The molecule has 1 aliphatic rings. The number of carboxylic acid groups (broad SMARTS) is 1. The molecule has 2 aromatic carbocycles. The highest BCUT2D eigenvalue weighted by atomic mass is 16.5. The number of ether oxygens (including phenoxy) is 1. The van der Waals surface area contributed by atoms with E-state index in [0.717, 1.165) is 22.3 Å². The fourth-order valence-electron chi connectivity index (χ4n) is 3.58. The van der Waals surface area contributed by atoms with E-state index in [-0.39, 0.29) is 18.9 Å². The van der Waals surface area contributed by atoms with Gasteiger partial charge in [0.1, 0.15) is 6.61 Å². The Hall–Kier alpha value is -3.51. The van der Waals surface area contributed by atoms with Gasteiger partial charge in [0.2, 0.25) is 5.66 Å². The van der Waals surface area contributed by atoms with Crippen LogP contribution in [0.25, 0.3) is 21.6 Å². The first-order valence-corrected chi connectivity index (χ1v) is 8.95. The molecule has 0 fully saturated rings. The van der Waals surface area contributed by atoms with E-state index in [9.17, 15) is 14.7 Å². The number of alkyl carbamates (subject to hydrolysis) is 1. The molecule has 0 aliphatic heterocycles. The van der Waals surface area contributed by atoms with E-state index in [4.69, 9.17) is 10.3 Å². The molecule has 0 bridgehead atoms. The number of hydrogen-bond acceptors (Lipinski definition) is 4. The van der Waals surface area contributed by atoms with Crippen LogP contribution in [0.2, 0.25) is 0 Å². The largest absolute Gasteiger partial charge is 0.479 e. The summed E-state index contributed by atoms with van der Waals surface area (Å²) in [5, 5.41) is 15.0. The molecule has 3 rings (SSSR count). The van der Waals surface area contributed by atoms with E-state index in [1.807, 2.05) is 48.5 Å². The fourth-order valence-corrected chi connectivity index (χ4v) is 3.58. The molecule has 0 heterocycles. The minimum atomic E-state index is -2.06. The van der Waals surface area contributed by atoms with Crippen molar-refractivity contribution in [2.45, 2.75) is 31.3 Å². The molecular weight excluding hydrogens is 360 g/mol. The lowest BCUT2D eigenvalue weighted by atomic mass is 9.98. The Kier molecular flexibility index (Phi) is 5.52. The third-order valence-corrected chi connectivity index (χ3v) is 4.83. The zero-order valence-electron chi connectivity index (χ0n) is 15.3. The van der Waals surface area contributed by atoms with Crippen LogP contribution >= 0.6 is 0 Å². The van der Waals surface area contributed by atoms with Crippen molar-refractivity contribution in [3.05, 3.63) is 70.1 Å². The maximum absolute atomic E-state index is 12.3. The molecule has 0 aromatic heterocycles. The second-order valence-electron chi connectivity index (χ2n) is 6.56. The number of carbonyl (C=O) groups excluding carboxylic acids is 1. The van der Waals surface area contributed by atoms with Gasteiger partial charge in [0.25, 0.3) is 0 Å². The van der Waals surface area contributed by atoms with Gasteiger partial charge in [-0.3, -0.25) is 0 Å². The molecule has 2 N–H and O–H groups in total. The number of nitrogens with zero attached hydrogens (tertiary/aromatic N) is 3. The number of hydrogen-bond donors (Lipinski definition) is 2. The van der Waals surface area contributed by atoms with Crippen molar-refractivity contribution in [3.8, 4) is 11.1 Å². The quantitative estimate of drug-likeness (QED) is 0.419. The predicted octanol–water partition coefficient (Wildman–Crippen LogP) is 4.42. The molecule has 0 saturated carbocycles. The highest BCUT2D eigenvalue weighted by molar-refractivity contribution is 5.84. The first-order valence-electron chi connectivity index (χ1n) is 8.95. The standard InChI is InChI=1S/C20H20N4O4/c1-2-11-20(18(25)26,23-24-21)22-19(27)28-12-17-15-9-5-3-7-13(15)14-8-4-6-10-16(14)17/h3-10,17H,2,11-12H2,1H3,(H,22,27)(H,25,26). The summed E-state index contributed by atoms with van der Waals surface area (Å²) in [6.45, 7) is 1.77. The van der Waals surface area contributed by atoms with Crippen LogP contribution in [-0.4, -0.2) is 29.4 Å². The molecule has 1 atom stereocenters. The molecule has 1 unspecified atom stereocenters. The highest BCUT2D eigenvalue weighted by Gasteiger charge is 2.39. The first kappa shape index (κ1) is 19.3. The maximum Gasteiger partial charge on any atom is 0.408 e. The van der Waals surface area contributed by atoms with Crippen molar-refractivity contribution < 1.29 is 19.4 Å². The Bertz CT molecular complexity index is 905. The van der Waals surface area contributed by atoms with E-state index in [1.165, 1.54) is 0 Å². The summed E-state index contributed by atoms with van der Waals surface area (Å²) in [6, 6.07) is 15.8. The van der Waals surface area contributed by atoms with Gasteiger partial charge in [-0.15, -0.1) is 0 Å². The van der Waals surface area contributed by atoms with Gasteiger partial charge < -0.3 is 15.2 Å². The number of aliphatic carboxylic acids is 1. The van der Waals surface area contributed by atoms with Crippen molar-refractivity contribution in [2.24, 2.45) is 5.11 Å². The predicted molar refractivity (Wildman–Crippen MR) is 103 cm³/mol. The summed E-state index contributed by atoms with van der Waals surface area (Å²) in [4.78, 5) is 26.5. The van der Waals surface area contributed by atoms with Gasteiger partial charge in [0.15, 0.2) is 0 Å². The Morgan fingerprint density at radius 1 is 1.18 bits per heavy atom. The smallest absolute Gasteiger partial charge is 0.408 e. The van der Waals surface area contributed by atoms with E-state index in [0.29, 0.717) is 6.42 Å². The van der Waals surface area contributed by atoms with Gasteiger partial charge in [-0.2, -0.15) is 0 Å². The lowest BCUT2D eigenvalue weighted by molar-refractivity contribution is -0.144. The summed E-state index contributed by atoms with van der Waals surface area (Å²) in [5.41, 5.74) is 10.9. The summed E-state index contributed by atoms with van der Waals surface area (Å²) < 4.78 is 5.34. The van der Waals surface area contributed by atoms with Gasteiger partial charge in [0.05, 0.1) is 0 Å². The number of benzene rings is 2. The van der Waals surface area contributed by atoms with Gasteiger partial charge in [-0.1, -0.05) is 67.0 Å². The second-order valence-corrected chi connectivity index (χ2v) is 6.56. The number of carboxylic acids is 1. The molecule has 28 heavy (non-hydrogen) atoms. The topological polar surface area (TPSA) is 124 Å². The van der Waals surface area contributed by atoms with Crippen LogP contribution in [0.5, 0.6) is 0 Å². The summed E-state index contributed by atoms with van der Waals surface area (Å²) in [6.07, 6.45) is -0.587. The Labute approximate surface area is 161 Å². The summed E-state index contributed by atoms with van der Waals surface area (Å²) >= 11 is 0. The van der Waals surface area contributed by atoms with Gasteiger partial charge in [-0.05, 0) is 34.2 Å². The fraction of sp³-hybridized carbons (Fsp3) is 0.300. The molecular formula is C20H20N4O4. The van der Waals surface area contributed by atoms with Gasteiger partial charge in [0, 0.05) is 10.8 Å². The molecule has 8 heteroatoms. The number of rotatable bonds is 7. The molecule has 0 radical (unpaired) electrons. The minimum Gasteiger partial charge on any atom is -0.479 e. The van der Waals surface area contributed by atoms with Crippen molar-refractivity contribution in [2.75, 3.05) is 6.61 Å². The van der Waals surface area contributed by atoms with Crippen molar-refractivity contribution in [1.29, 1.82) is 0 Å². The highest BCUT2D eigenvalue weighted by Crippen LogP contribution is 2.44. The number of nitrogens with one attached hydrogen (secondary N) is 1. The summed E-state index contributed by atoms with van der Waals surface area (Å²) in [7, 11) is 0. The average Bonchev–Trinajstić information content (AvgIpc) is 3.00. The van der Waals surface area contributed by atoms with Crippen molar-refractivity contribution in [1.82, 2.24) is 5.32 Å². The van der Waals surface area contributed by atoms with Gasteiger partial charge in [-0.25, -0.2) is 9.59 Å². The monoisotopic (exact) mass is 380 g/mol. The molecule has 2 aromatic rings. The number of carbonyl (C=O) groups is 2. The lowest BCUT2D eigenvalue weighted by Gasteiger charge is -2.25. The van der Waals surface area contributed by atoms with Crippen LogP contribution in [0.1, 0.15) is 36.8 Å². The molecule has 0 saturated heterocycles. The lowest BCUT2D eigenvalue weighted by Crippen LogP contribution is -2.53. The molecule has 144 valence electrons. The molecule has 1 amide bonds. The third kappa shape index (κ3) is 3.50. The van der Waals surface area contributed by atoms with Crippen molar-refractivity contribution >= 4 is 12.1 Å². The zero-order chi connectivity index (χ0) is 20.1. The molecule has 8 nitrogen and oxygen atoms in total. The van der Waals surface area contributed by atoms with Crippen LogP contribution in [0.3, 0.4) is 0 Å². The van der Waals surface area contributed by atoms with Gasteiger partial charge >= 0.3 is 12.1 Å². The number of amides is 1. The SMILES string of the molecule is CCCC(N=[N+]=[N-])(NC(=O)OCC1c2ccccc2-c2ccccc21)C(=O)O. The van der Waals surface area contributed by atoms with Crippen LogP contribution < -0.4 is 5.32 Å². The number of azide groups is 1. The maximum atomic E-state index is 12.3. The Morgan fingerprint density at radius 3 is 2.25 bits per heavy atom. The summed E-state index contributed by atoms with van der Waals surface area (Å²) in [5.74, 6) is -1.58. The Morgan fingerprint density at radius 2 is 1.75 bits per heavy atom. The van der Waals surface area contributed by atoms with E-state index >= 15 is 0 Å². The van der Waals surface area contributed by atoms with Crippen molar-refractivity contribution in [3.63, 3.8) is 0 Å². The van der Waals surface area contributed by atoms with Crippen LogP contribution in [-0.2, 0) is 9.53 Å². The normalized spacial score (nSPS) is 14.2. The average molecular weight is 380 g/mol. The number of fused-ring (bicyclic) bond motifs is 3. The zero-order valence-corrected chi connectivity index (χ0v) is 15.3. The van der Waals surface area contributed by atoms with E-state index < -0.39 is 17.7 Å². The molecule has 0 spiro atoms. The van der Waals surface area contributed by atoms with E-state index in [1.54, 1.807) is 6.92 Å². The molecule has 1 aliphatic carbocycles. The van der Waals surface area contributed by atoms with Crippen LogP contribution in [0.4, 0.5) is 4.79 Å². The van der Waals surface area contributed by atoms with Crippen LogP contribution in [0, 0.1) is 0 Å². The Balaban J connectivity index is 1.78.